The molecule has 0 radical (unpaired) electrons. The summed E-state index contributed by atoms with van der Waals surface area (Å²) in [6.45, 7) is 0. The SMILES string of the molecule is COc1ccc(-n2c(/C=N/N(C)C)cc3ccccc32)cc1OC. The van der Waals surface area contributed by atoms with Gasteiger partial charge < -0.3 is 19.0 Å². The molecule has 0 amide bonds. The fourth-order valence-corrected chi connectivity index (χ4v) is 2.70. The van der Waals surface area contributed by atoms with Gasteiger partial charge in [0.25, 0.3) is 0 Å². The highest BCUT2D eigenvalue weighted by molar-refractivity contribution is 5.92. The molecule has 0 fully saturated rings. The van der Waals surface area contributed by atoms with Gasteiger partial charge in [-0.05, 0) is 24.3 Å². The maximum atomic E-state index is 5.44. The zero-order chi connectivity index (χ0) is 17.1. The molecular formula is C19H21N3O2. The lowest BCUT2D eigenvalue weighted by Crippen LogP contribution is -2.05. The van der Waals surface area contributed by atoms with E-state index in [0.29, 0.717) is 11.5 Å². The average molecular weight is 323 g/mol. The lowest BCUT2D eigenvalue weighted by atomic mass is 10.2. The normalized spacial score (nSPS) is 11.2. The fraction of sp³-hybridized carbons (Fsp3) is 0.211. The van der Waals surface area contributed by atoms with Crippen molar-refractivity contribution in [1.29, 1.82) is 0 Å². The van der Waals surface area contributed by atoms with E-state index in [1.165, 1.54) is 0 Å². The van der Waals surface area contributed by atoms with Gasteiger partial charge in [-0.15, -0.1) is 0 Å². The van der Waals surface area contributed by atoms with Gasteiger partial charge in [-0.2, -0.15) is 5.10 Å². The van der Waals surface area contributed by atoms with Crippen molar-refractivity contribution in [2.45, 2.75) is 0 Å². The second-order valence-corrected chi connectivity index (χ2v) is 5.59. The molecule has 0 atom stereocenters. The van der Waals surface area contributed by atoms with Gasteiger partial charge in [0.15, 0.2) is 11.5 Å². The van der Waals surface area contributed by atoms with Crippen LogP contribution in [-0.4, -0.2) is 44.1 Å². The minimum absolute atomic E-state index is 0.697. The second kappa shape index (κ2) is 6.66. The van der Waals surface area contributed by atoms with E-state index in [4.69, 9.17) is 9.47 Å². The molecule has 0 saturated carbocycles. The number of para-hydroxylation sites is 1. The van der Waals surface area contributed by atoms with Gasteiger partial charge in [0.2, 0.25) is 0 Å². The molecule has 1 aromatic heterocycles. The molecule has 5 heteroatoms. The van der Waals surface area contributed by atoms with Crippen molar-refractivity contribution in [2.75, 3.05) is 28.3 Å². The molecule has 3 aromatic rings. The molecule has 3 rings (SSSR count). The Bertz CT molecular complexity index is 881. The van der Waals surface area contributed by atoms with Crippen LogP contribution in [0.2, 0.25) is 0 Å². The number of hydrazone groups is 1. The van der Waals surface area contributed by atoms with Gasteiger partial charge in [0.1, 0.15) is 0 Å². The lowest BCUT2D eigenvalue weighted by Gasteiger charge is -2.13. The minimum atomic E-state index is 0.697. The predicted molar refractivity (Wildman–Crippen MR) is 97.7 cm³/mol. The van der Waals surface area contributed by atoms with E-state index in [2.05, 4.69) is 27.9 Å². The predicted octanol–water partition coefficient (Wildman–Crippen LogP) is 3.54. The van der Waals surface area contributed by atoms with E-state index in [1.807, 2.05) is 50.6 Å². The number of hydrogen-bond acceptors (Lipinski definition) is 4. The van der Waals surface area contributed by atoms with E-state index < -0.39 is 0 Å². The summed E-state index contributed by atoms with van der Waals surface area (Å²) in [4.78, 5) is 0. The molecule has 5 nitrogen and oxygen atoms in total. The first-order chi connectivity index (χ1) is 11.6. The molecule has 124 valence electrons. The van der Waals surface area contributed by atoms with Crippen LogP contribution in [0.1, 0.15) is 5.69 Å². The molecule has 0 saturated heterocycles. The van der Waals surface area contributed by atoms with Gasteiger partial charge in [-0.1, -0.05) is 18.2 Å². The van der Waals surface area contributed by atoms with Gasteiger partial charge in [-0.25, -0.2) is 0 Å². The van der Waals surface area contributed by atoms with E-state index in [9.17, 15) is 0 Å². The summed E-state index contributed by atoms with van der Waals surface area (Å²) in [6.07, 6.45) is 1.86. The molecule has 0 bridgehead atoms. The molecule has 1 heterocycles. The molecule has 0 aliphatic rings. The highest BCUT2D eigenvalue weighted by Gasteiger charge is 2.12. The monoisotopic (exact) mass is 323 g/mol. The third-order valence-electron chi connectivity index (χ3n) is 3.79. The first kappa shape index (κ1) is 15.9. The van der Waals surface area contributed by atoms with Crippen molar-refractivity contribution in [2.24, 2.45) is 5.10 Å². The highest BCUT2D eigenvalue weighted by atomic mass is 16.5. The van der Waals surface area contributed by atoms with Crippen LogP contribution in [0.5, 0.6) is 11.5 Å². The largest absolute Gasteiger partial charge is 0.493 e. The summed E-state index contributed by atoms with van der Waals surface area (Å²) in [5.74, 6) is 1.41. The van der Waals surface area contributed by atoms with Crippen molar-refractivity contribution < 1.29 is 9.47 Å². The Labute approximate surface area is 141 Å². The Morgan fingerprint density at radius 2 is 1.71 bits per heavy atom. The summed E-state index contributed by atoms with van der Waals surface area (Å²) >= 11 is 0. The number of aromatic nitrogens is 1. The van der Waals surface area contributed by atoms with Crippen LogP contribution in [0.25, 0.3) is 16.6 Å². The number of ether oxygens (including phenoxy) is 2. The van der Waals surface area contributed by atoms with Crippen molar-refractivity contribution in [3.63, 3.8) is 0 Å². The molecule has 0 N–H and O–H groups in total. The van der Waals surface area contributed by atoms with Gasteiger partial charge in [0, 0.05) is 25.5 Å². The zero-order valence-corrected chi connectivity index (χ0v) is 14.4. The maximum absolute atomic E-state index is 5.44. The van der Waals surface area contributed by atoms with Gasteiger partial charge in [0.05, 0.1) is 37.3 Å². The summed E-state index contributed by atoms with van der Waals surface area (Å²) in [5, 5.41) is 7.32. The topological polar surface area (TPSA) is 39.0 Å². The van der Waals surface area contributed by atoms with Crippen LogP contribution in [0.15, 0.2) is 53.6 Å². The number of hydrogen-bond donors (Lipinski definition) is 0. The Morgan fingerprint density at radius 3 is 2.42 bits per heavy atom. The molecule has 2 aromatic carbocycles. The van der Waals surface area contributed by atoms with Crippen LogP contribution < -0.4 is 9.47 Å². The van der Waals surface area contributed by atoms with Crippen molar-refractivity contribution in [1.82, 2.24) is 9.58 Å². The van der Waals surface area contributed by atoms with Crippen molar-refractivity contribution in [3.05, 3.63) is 54.2 Å². The van der Waals surface area contributed by atoms with Crippen LogP contribution in [-0.2, 0) is 0 Å². The molecule has 0 aliphatic carbocycles. The molecule has 24 heavy (non-hydrogen) atoms. The minimum Gasteiger partial charge on any atom is -0.493 e. The van der Waals surface area contributed by atoms with Crippen LogP contribution >= 0.6 is 0 Å². The molecule has 0 aliphatic heterocycles. The highest BCUT2D eigenvalue weighted by Crippen LogP contribution is 2.31. The standard InChI is InChI=1S/C19H21N3O2/c1-21(2)20-13-16-11-14-7-5-6-8-17(14)22(16)15-9-10-18(23-3)19(12-15)24-4/h5-13H,1-4H3/b20-13+. The molecule has 0 spiro atoms. The van der Waals surface area contributed by atoms with Crippen molar-refractivity contribution >= 4 is 17.1 Å². The summed E-state index contributed by atoms with van der Waals surface area (Å²) < 4.78 is 12.9. The maximum Gasteiger partial charge on any atom is 0.162 e. The Hall–Kier alpha value is -2.95. The van der Waals surface area contributed by atoms with E-state index in [1.54, 1.807) is 19.2 Å². The second-order valence-electron chi connectivity index (χ2n) is 5.59. The Morgan fingerprint density at radius 1 is 0.958 bits per heavy atom. The number of nitrogens with zero attached hydrogens (tertiary/aromatic N) is 3. The van der Waals surface area contributed by atoms with Gasteiger partial charge >= 0.3 is 0 Å². The Balaban J connectivity index is 2.22. The third-order valence-corrected chi connectivity index (χ3v) is 3.79. The first-order valence-electron chi connectivity index (χ1n) is 7.68. The van der Waals surface area contributed by atoms with Crippen LogP contribution in [0.4, 0.5) is 0 Å². The summed E-state index contributed by atoms with van der Waals surface area (Å²) in [7, 11) is 7.08. The summed E-state index contributed by atoms with van der Waals surface area (Å²) in [5.41, 5.74) is 3.11. The van der Waals surface area contributed by atoms with Gasteiger partial charge in [-0.3, -0.25) is 0 Å². The molecular weight excluding hydrogens is 302 g/mol. The lowest BCUT2D eigenvalue weighted by molar-refractivity contribution is 0.355. The number of rotatable bonds is 5. The van der Waals surface area contributed by atoms with Crippen LogP contribution in [0.3, 0.4) is 0 Å². The number of fused-ring (bicyclic) bond motifs is 1. The third kappa shape index (κ3) is 2.93. The number of methoxy groups -OCH3 is 2. The fourth-order valence-electron chi connectivity index (χ4n) is 2.70. The first-order valence-corrected chi connectivity index (χ1v) is 7.68. The van der Waals surface area contributed by atoms with E-state index in [0.717, 1.165) is 22.3 Å². The van der Waals surface area contributed by atoms with Crippen LogP contribution in [0, 0.1) is 0 Å². The average Bonchev–Trinajstić information content (AvgIpc) is 2.97. The number of benzene rings is 2. The summed E-state index contributed by atoms with van der Waals surface area (Å²) in [6, 6.07) is 16.3. The quantitative estimate of drug-likeness (QED) is 0.532. The molecule has 0 unspecified atom stereocenters. The van der Waals surface area contributed by atoms with Crippen molar-refractivity contribution in [3.8, 4) is 17.2 Å². The zero-order valence-electron chi connectivity index (χ0n) is 14.4. The van der Waals surface area contributed by atoms with E-state index in [-0.39, 0.29) is 0 Å². The smallest absolute Gasteiger partial charge is 0.162 e. The van der Waals surface area contributed by atoms with E-state index >= 15 is 0 Å². The Kier molecular flexibility index (Phi) is 4.42.